The highest BCUT2D eigenvalue weighted by molar-refractivity contribution is 5.91. The molecule has 4 N–H and O–H groups in total. The van der Waals surface area contributed by atoms with E-state index in [2.05, 4.69) is 95.7 Å². The SMILES string of the molecule is CCCN(Cc1ncc(-c2ccc3cc(-c4ccc(-c5cnc(C6[C@H]7CC[C@H](C7)N6C(=O)CNC(=O)OC)[nH]5)cc4)ccc3c2)[nH]1)C(=O)CNC(=O)OC. The lowest BCUT2D eigenvalue weighted by molar-refractivity contribution is -0.135. The molecular formula is C40H44N8O6. The highest BCUT2D eigenvalue weighted by Crippen LogP contribution is 2.49. The van der Waals surface area contributed by atoms with E-state index >= 15 is 0 Å². The number of fused-ring (bicyclic) bond motifs is 3. The molecule has 1 saturated carbocycles. The average Bonchev–Trinajstić information content (AvgIpc) is 4.04. The summed E-state index contributed by atoms with van der Waals surface area (Å²) in [6, 6.07) is 21.0. The number of imidazole rings is 2. The normalized spacial score (nSPS) is 17.4. The van der Waals surface area contributed by atoms with Crippen molar-refractivity contribution in [2.75, 3.05) is 33.9 Å². The molecule has 1 saturated heterocycles. The number of carbonyl (C=O) groups excluding carboxylic acids is 4. The molecule has 3 aromatic carbocycles. The number of amides is 4. The number of ether oxygens (including phenoxy) is 2. The third kappa shape index (κ3) is 7.63. The fraction of sp³-hybridized carbons (Fsp3) is 0.350. The first-order valence-corrected chi connectivity index (χ1v) is 18.2. The highest BCUT2D eigenvalue weighted by atomic mass is 16.5. The average molecular weight is 733 g/mol. The summed E-state index contributed by atoms with van der Waals surface area (Å²) in [7, 11) is 2.54. The fourth-order valence-corrected chi connectivity index (χ4v) is 7.74. The molecule has 4 amide bonds. The predicted octanol–water partition coefficient (Wildman–Crippen LogP) is 5.79. The molecule has 0 spiro atoms. The second-order valence-corrected chi connectivity index (χ2v) is 13.8. The van der Waals surface area contributed by atoms with Gasteiger partial charge in [0.2, 0.25) is 11.8 Å². The van der Waals surface area contributed by atoms with E-state index in [1.54, 1.807) is 11.1 Å². The number of alkyl carbamates (subject to hydrolysis) is 2. The van der Waals surface area contributed by atoms with Crippen LogP contribution < -0.4 is 10.6 Å². The number of hydrogen-bond acceptors (Lipinski definition) is 8. The van der Waals surface area contributed by atoms with Crippen LogP contribution in [0.15, 0.2) is 73.1 Å². The van der Waals surface area contributed by atoms with Gasteiger partial charge in [0.1, 0.15) is 24.7 Å². The van der Waals surface area contributed by atoms with E-state index in [0.717, 1.165) is 75.9 Å². The quantitative estimate of drug-likeness (QED) is 0.125. The van der Waals surface area contributed by atoms with E-state index in [-0.39, 0.29) is 37.0 Å². The first kappa shape index (κ1) is 36.2. The van der Waals surface area contributed by atoms with Crippen molar-refractivity contribution in [3.05, 3.63) is 84.7 Å². The van der Waals surface area contributed by atoms with Gasteiger partial charge in [-0.3, -0.25) is 9.59 Å². The van der Waals surface area contributed by atoms with Crippen LogP contribution in [-0.4, -0.2) is 93.6 Å². The molecule has 2 bridgehead atoms. The number of piperidine rings is 1. The van der Waals surface area contributed by atoms with Gasteiger partial charge in [-0.1, -0.05) is 55.5 Å². The second-order valence-electron chi connectivity index (χ2n) is 13.8. The number of benzene rings is 3. The van der Waals surface area contributed by atoms with Crippen LogP contribution in [0.4, 0.5) is 9.59 Å². The molecule has 3 heterocycles. The third-order valence-corrected chi connectivity index (χ3v) is 10.4. The first-order chi connectivity index (χ1) is 26.2. The molecule has 54 heavy (non-hydrogen) atoms. The lowest BCUT2D eigenvalue weighted by Crippen LogP contribution is -2.45. The molecular weight excluding hydrogens is 688 g/mol. The molecule has 1 aliphatic heterocycles. The zero-order chi connectivity index (χ0) is 37.8. The molecule has 14 nitrogen and oxygen atoms in total. The number of methoxy groups -OCH3 is 2. The number of aromatic amines is 2. The lowest BCUT2D eigenvalue weighted by Gasteiger charge is -2.34. The fourth-order valence-electron chi connectivity index (χ4n) is 7.74. The number of rotatable bonds is 12. The summed E-state index contributed by atoms with van der Waals surface area (Å²) in [5.74, 6) is 1.42. The van der Waals surface area contributed by atoms with Gasteiger partial charge in [0.25, 0.3) is 0 Å². The molecule has 2 fully saturated rings. The molecule has 1 unspecified atom stereocenters. The van der Waals surface area contributed by atoms with E-state index in [4.69, 9.17) is 4.98 Å². The van der Waals surface area contributed by atoms with Crippen LogP contribution in [-0.2, 0) is 25.6 Å². The van der Waals surface area contributed by atoms with Gasteiger partial charge < -0.3 is 39.9 Å². The maximum absolute atomic E-state index is 13.1. The molecule has 0 radical (unpaired) electrons. The number of aromatic nitrogens is 4. The van der Waals surface area contributed by atoms with Gasteiger partial charge in [-0.25, -0.2) is 19.6 Å². The highest BCUT2D eigenvalue weighted by Gasteiger charge is 2.49. The maximum Gasteiger partial charge on any atom is 0.407 e. The molecule has 7 rings (SSSR count). The number of nitrogens with zero attached hydrogens (tertiary/aromatic N) is 4. The van der Waals surface area contributed by atoms with Gasteiger partial charge in [-0.05, 0) is 71.2 Å². The summed E-state index contributed by atoms with van der Waals surface area (Å²) in [6.07, 6.45) is 6.05. The van der Waals surface area contributed by atoms with Crippen LogP contribution in [0, 0.1) is 5.92 Å². The molecule has 2 aliphatic rings. The Balaban J connectivity index is 1.01. The topological polar surface area (TPSA) is 175 Å². The summed E-state index contributed by atoms with van der Waals surface area (Å²) in [6.45, 7) is 2.57. The van der Waals surface area contributed by atoms with Crippen molar-refractivity contribution in [3.8, 4) is 33.6 Å². The van der Waals surface area contributed by atoms with Crippen LogP contribution >= 0.6 is 0 Å². The summed E-state index contributed by atoms with van der Waals surface area (Å²) in [5.41, 5.74) is 5.88. The van der Waals surface area contributed by atoms with Gasteiger partial charge in [-0.2, -0.15) is 0 Å². The maximum atomic E-state index is 13.1. The molecule has 5 aromatic rings. The van der Waals surface area contributed by atoms with Crippen LogP contribution in [0.5, 0.6) is 0 Å². The number of hydrogen-bond donors (Lipinski definition) is 4. The number of carbonyl (C=O) groups is 4. The minimum Gasteiger partial charge on any atom is -0.453 e. The Kier molecular flexibility index (Phi) is 10.6. The second kappa shape index (κ2) is 15.8. The monoisotopic (exact) mass is 732 g/mol. The van der Waals surface area contributed by atoms with Gasteiger partial charge in [0.05, 0.1) is 50.6 Å². The summed E-state index contributed by atoms with van der Waals surface area (Å²) >= 11 is 0. The summed E-state index contributed by atoms with van der Waals surface area (Å²) < 4.78 is 9.20. The summed E-state index contributed by atoms with van der Waals surface area (Å²) in [5, 5.41) is 7.15. The standard InChI is InChI=1S/C40H44N8O6/c1-4-15-47(35(49)21-43-39(51)53-2)23-34-41-19-33(45-34)29-12-11-27-16-26(9-10-28(27)17-29)24-5-7-25(8-6-24)32-20-42-38(46-32)37-30-13-14-31(18-30)48(37)36(50)22-44-40(52)54-3/h5-12,16-17,19-20,30-31,37H,4,13-15,18,21-23H2,1-3H3,(H,41,45)(H,42,46)(H,43,51)(H,44,52)/t30-,31+,37?/m0/s1. The van der Waals surface area contributed by atoms with Crippen molar-refractivity contribution in [2.24, 2.45) is 5.92 Å². The molecule has 3 atom stereocenters. The zero-order valence-electron chi connectivity index (χ0n) is 30.6. The minimum absolute atomic E-state index is 0.105. The predicted molar refractivity (Wildman–Crippen MR) is 202 cm³/mol. The van der Waals surface area contributed by atoms with Crippen LogP contribution in [0.25, 0.3) is 44.4 Å². The third-order valence-electron chi connectivity index (χ3n) is 10.4. The smallest absolute Gasteiger partial charge is 0.407 e. The Bertz CT molecular complexity index is 2160. The van der Waals surface area contributed by atoms with Crippen molar-refractivity contribution in [1.82, 2.24) is 40.4 Å². The Morgan fingerprint density at radius 3 is 2.15 bits per heavy atom. The van der Waals surface area contributed by atoms with E-state index in [1.807, 2.05) is 18.0 Å². The van der Waals surface area contributed by atoms with Crippen molar-refractivity contribution in [3.63, 3.8) is 0 Å². The Morgan fingerprint density at radius 1 is 0.796 bits per heavy atom. The molecule has 2 aromatic heterocycles. The Hall–Kier alpha value is -6.18. The number of likely N-dealkylation sites (tertiary alicyclic amines) is 1. The Labute approximate surface area is 312 Å². The zero-order valence-corrected chi connectivity index (χ0v) is 30.6. The van der Waals surface area contributed by atoms with E-state index in [0.29, 0.717) is 24.8 Å². The molecule has 1 aliphatic carbocycles. The van der Waals surface area contributed by atoms with Crippen molar-refractivity contribution >= 4 is 34.8 Å². The summed E-state index contributed by atoms with van der Waals surface area (Å²) in [4.78, 5) is 68.5. The van der Waals surface area contributed by atoms with Crippen molar-refractivity contribution in [2.45, 2.75) is 51.2 Å². The lowest BCUT2D eigenvalue weighted by atomic mass is 9.97. The first-order valence-electron chi connectivity index (χ1n) is 18.2. The van der Waals surface area contributed by atoms with E-state index in [1.165, 1.54) is 14.2 Å². The van der Waals surface area contributed by atoms with Crippen LogP contribution in [0.3, 0.4) is 0 Å². The van der Waals surface area contributed by atoms with Gasteiger partial charge in [0.15, 0.2) is 0 Å². The largest absolute Gasteiger partial charge is 0.453 e. The number of nitrogens with one attached hydrogen (secondary N) is 4. The van der Waals surface area contributed by atoms with Gasteiger partial charge in [0, 0.05) is 18.2 Å². The van der Waals surface area contributed by atoms with Crippen molar-refractivity contribution in [1.29, 1.82) is 0 Å². The number of H-pyrrole nitrogens is 2. The van der Waals surface area contributed by atoms with E-state index < -0.39 is 12.2 Å². The van der Waals surface area contributed by atoms with Gasteiger partial charge >= 0.3 is 12.2 Å². The molecule has 14 heteroatoms. The van der Waals surface area contributed by atoms with Crippen LogP contribution in [0.1, 0.15) is 50.3 Å². The van der Waals surface area contributed by atoms with Gasteiger partial charge in [-0.15, -0.1) is 0 Å². The van der Waals surface area contributed by atoms with Crippen molar-refractivity contribution < 1.29 is 28.7 Å². The van der Waals surface area contributed by atoms with E-state index in [9.17, 15) is 19.2 Å². The Morgan fingerprint density at radius 2 is 1.43 bits per heavy atom. The van der Waals surface area contributed by atoms with Crippen LogP contribution in [0.2, 0.25) is 0 Å². The minimum atomic E-state index is -0.648. The molecule has 280 valence electrons.